The van der Waals surface area contributed by atoms with Crippen LogP contribution in [-0.2, 0) is 11.3 Å². The van der Waals surface area contributed by atoms with E-state index in [2.05, 4.69) is 28.0 Å². The van der Waals surface area contributed by atoms with Crippen LogP contribution in [0.1, 0.15) is 31.9 Å². The fourth-order valence-corrected chi connectivity index (χ4v) is 2.44. The molecule has 0 amide bonds. The van der Waals surface area contributed by atoms with Gasteiger partial charge in [-0.05, 0) is 33.1 Å². The molecule has 2 unspecified atom stereocenters. The maximum atomic E-state index is 5.48. The van der Waals surface area contributed by atoms with Gasteiger partial charge in [0.15, 0.2) is 0 Å². The standard InChI is InChI=1S/C12H21N3O/c1-4-15-8-9(2)13-12(15)14-10-6-5-7-11(10)16-3/h8,10-11H,4-7H2,1-3H3,(H,13,14). The zero-order valence-electron chi connectivity index (χ0n) is 10.4. The Morgan fingerprint density at radius 2 is 2.38 bits per heavy atom. The van der Waals surface area contributed by atoms with E-state index in [1.54, 1.807) is 7.11 Å². The first-order chi connectivity index (χ1) is 7.74. The summed E-state index contributed by atoms with van der Waals surface area (Å²) < 4.78 is 7.63. The monoisotopic (exact) mass is 223 g/mol. The molecule has 0 spiro atoms. The number of nitrogens with one attached hydrogen (secondary N) is 1. The molecule has 1 N–H and O–H groups in total. The van der Waals surface area contributed by atoms with E-state index in [0.717, 1.165) is 24.6 Å². The summed E-state index contributed by atoms with van der Waals surface area (Å²) in [6.45, 7) is 5.11. The summed E-state index contributed by atoms with van der Waals surface area (Å²) in [4.78, 5) is 4.51. The maximum Gasteiger partial charge on any atom is 0.203 e. The summed E-state index contributed by atoms with van der Waals surface area (Å²) in [5.41, 5.74) is 1.07. The van der Waals surface area contributed by atoms with Crippen molar-refractivity contribution in [2.45, 2.75) is 51.8 Å². The fourth-order valence-electron chi connectivity index (χ4n) is 2.44. The van der Waals surface area contributed by atoms with Crippen molar-refractivity contribution in [3.8, 4) is 0 Å². The lowest BCUT2D eigenvalue weighted by molar-refractivity contribution is 0.101. The molecule has 2 rings (SSSR count). The second-order valence-corrected chi connectivity index (χ2v) is 4.45. The van der Waals surface area contributed by atoms with E-state index in [-0.39, 0.29) is 0 Å². The maximum absolute atomic E-state index is 5.48. The van der Waals surface area contributed by atoms with Gasteiger partial charge < -0.3 is 14.6 Å². The normalized spacial score (nSPS) is 24.9. The minimum absolute atomic E-state index is 0.335. The number of rotatable bonds is 4. The van der Waals surface area contributed by atoms with E-state index < -0.39 is 0 Å². The van der Waals surface area contributed by atoms with Gasteiger partial charge in [-0.25, -0.2) is 4.98 Å². The van der Waals surface area contributed by atoms with Crippen LogP contribution >= 0.6 is 0 Å². The number of aryl methyl sites for hydroxylation is 2. The van der Waals surface area contributed by atoms with Crippen LogP contribution in [0, 0.1) is 6.92 Å². The molecule has 4 nitrogen and oxygen atoms in total. The number of nitrogens with zero attached hydrogens (tertiary/aromatic N) is 2. The lowest BCUT2D eigenvalue weighted by Crippen LogP contribution is -2.30. The highest BCUT2D eigenvalue weighted by Gasteiger charge is 2.27. The summed E-state index contributed by atoms with van der Waals surface area (Å²) in [5, 5.41) is 3.51. The predicted molar refractivity (Wildman–Crippen MR) is 64.7 cm³/mol. The van der Waals surface area contributed by atoms with E-state index in [1.807, 2.05) is 6.92 Å². The number of hydrogen-bond donors (Lipinski definition) is 1. The lowest BCUT2D eigenvalue weighted by atomic mass is 10.2. The second kappa shape index (κ2) is 4.87. The van der Waals surface area contributed by atoms with Crippen LogP contribution in [0.2, 0.25) is 0 Å². The first-order valence-corrected chi connectivity index (χ1v) is 6.07. The Kier molecular flexibility index (Phi) is 3.49. The van der Waals surface area contributed by atoms with Gasteiger partial charge in [0, 0.05) is 19.9 Å². The quantitative estimate of drug-likeness (QED) is 0.850. The smallest absolute Gasteiger partial charge is 0.203 e. The molecule has 1 aromatic heterocycles. The van der Waals surface area contributed by atoms with Gasteiger partial charge >= 0.3 is 0 Å². The van der Waals surface area contributed by atoms with Gasteiger partial charge in [0.25, 0.3) is 0 Å². The highest BCUT2D eigenvalue weighted by Crippen LogP contribution is 2.24. The Hall–Kier alpha value is -1.03. The van der Waals surface area contributed by atoms with Crippen LogP contribution in [0.5, 0.6) is 0 Å². The van der Waals surface area contributed by atoms with Crippen LogP contribution in [0.25, 0.3) is 0 Å². The third-order valence-electron chi connectivity index (χ3n) is 3.31. The van der Waals surface area contributed by atoms with Crippen LogP contribution in [0.3, 0.4) is 0 Å². The zero-order chi connectivity index (χ0) is 11.5. The van der Waals surface area contributed by atoms with Crippen molar-refractivity contribution in [3.05, 3.63) is 11.9 Å². The van der Waals surface area contributed by atoms with Gasteiger partial charge in [-0.3, -0.25) is 0 Å². The van der Waals surface area contributed by atoms with Crippen LogP contribution in [0.15, 0.2) is 6.20 Å². The molecule has 0 aliphatic heterocycles. The number of hydrogen-bond acceptors (Lipinski definition) is 3. The van der Waals surface area contributed by atoms with Crippen molar-refractivity contribution in [2.75, 3.05) is 12.4 Å². The highest BCUT2D eigenvalue weighted by molar-refractivity contribution is 5.31. The van der Waals surface area contributed by atoms with Crippen molar-refractivity contribution in [1.82, 2.24) is 9.55 Å². The Bertz CT molecular complexity index is 348. The molecule has 1 fully saturated rings. The van der Waals surface area contributed by atoms with Crippen molar-refractivity contribution in [3.63, 3.8) is 0 Å². The third-order valence-corrected chi connectivity index (χ3v) is 3.31. The topological polar surface area (TPSA) is 39.1 Å². The number of methoxy groups -OCH3 is 1. The first kappa shape index (κ1) is 11.5. The Labute approximate surface area is 97.0 Å². The van der Waals surface area contributed by atoms with Crippen molar-refractivity contribution in [2.24, 2.45) is 0 Å². The van der Waals surface area contributed by atoms with Crippen LogP contribution in [0.4, 0.5) is 5.95 Å². The highest BCUT2D eigenvalue weighted by atomic mass is 16.5. The molecule has 16 heavy (non-hydrogen) atoms. The molecule has 90 valence electrons. The molecule has 0 radical (unpaired) electrons. The molecule has 1 heterocycles. The van der Waals surface area contributed by atoms with Crippen molar-refractivity contribution in [1.29, 1.82) is 0 Å². The minimum atomic E-state index is 0.335. The Balaban J connectivity index is 2.07. The SMILES string of the molecule is CCn1cc(C)nc1NC1CCCC1OC. The Morgan fingerprint density at radius 1 is 1.56 bits per heavy atom. The average Bonchev–Trinajstić information content (AvgIpc) is 2.85. The second-order valence-electron chi connectivity index (χ2n) is 4.45. The zero-order valence-corrected chi connectivity index (χ0v) is 10.4. The van der Waals surface area contributed by atoms with Crippen molar-refractivity contribution >= 4 is 5.95 Å². The van der Waals surface area contributed by atoms with Gasteiger partial charge in [0.05, 0.1) is 17.8 Å². The average molecular weight is 223 g/mol. The van der Waals surface area contributed by atoms with Gasteiger partial charge in [0.1, 0.15) is 0 Å². The summed E-state index contributed by atoms with van der Waals surface area (Å²) in [7, 11) is 1.79. The summed E-state index contributed by atoms with van der Waals surface area (Å²) in [6.07, 6.45) is 5.98. The van der Waals surface area contributed by atoms with Gasteiger partial charge in [-0.1, -0.05) is 0 Å². The largest absolute Gasteiger partial charge is 0.379 e. The molecule has 1 saturated carbocycles. The molecule has 0 saturated heterocycles. The number of anilines is 1. The first-order valence-electron chi connectivity index (χ1n) is 6.07. The molecule has 0 aromatic carbocycles. The molecular weight excluding hydrogens is 202 g/mol. The molecule has 2 atom stereocenters. The summed E-state index contributed by atoms with van der Waals surface area (Å²) in [6, 6.07) is 0.414. The van der Waals surface area contributed by atoms with E-state index in [9.17, 15) is 0 Å². The number of ether oxygens (including phenoxy) is 1. The molecule has 0 bridgehead atoms. The molecule has 4 heteroatoms. The van der Waals surface area contributed by atoms with E-state index >= 15 is 0 Å². The van der Waals surface area contributed by atoms with Crippen LogP contribution < -0.4 is 5.32 Å². The van der Waals surface area contributed by atoms with E-state index in [0.29, 0.717) is 12.1 Å². The minimum Gasteiger partial charge on any atom is -0.379 e. The Morgan fingerprint density at radius 3 is 3.06 bits per heavy atom. The summed E-state index contributed by atoms with van der Waals surface area (Å²) >= 11 is 0. The summed E-state index contributed by atoms with van der Waals surface area (Å²) in [5.74, 6) is 0.981. The van der Waals surface area contributed by atoms with E-state index in [4.69, 9.17) is 4.74 Å². The van der Waals surface area contributed by atoms with Gasteiger partial charge in [0.2, 0.25) is 5.95 Å². The number of imidazole rings is 1. The molecule has 1 aromatic rings. The molecule has 1 aliphatic rings. The third kappa shape index (κ3) is 2.21. The van der Waals surface area contributed by atoms with Crippen LogP contribution in [-0.4, -0.2) is 28.8 Å². The predicted octanol–water partition coefficient (Wildman–Crippen LogP) is 2.19. The van der Waals surface area contributed by atoms with Gasteiger partial charge in [-0.15, -0.1) is 0 Å². The molecule has 1 aliphatic carbocycles. The fraction of sp³-hybridized carbons (Fsp3) is 0.750. The van der Waals surface area contributed by atoms with Gasteiger partial charge in [-0.2, -0.15) is 0 Å². The lowest BCUT2D eigenvalue weighted by Gasteiger charge is -2.20. The molecular formula is C12H21N3O. The van der Waals surface area contributed by atoms with Crippen molar-refractivity contribution < 1.29 is 4.74 Å². The number of aromatic nitrogens is 2. The van der Waals surface area contributed by atoms with E-state index in [1.165, 1.54) is 12.8 Å².